The van der Waals surface area contributed by atoms with E-state index in [1.165, 1.54) is 10.5 Å². The highest BCUT2D eigenvalue weighted by molar-refractivity contribution is 7.89. The molecule has 0 saturated carbocycles. The number of ether oxygens (including phenoxy) is 1. The van der Waals surface area contributed by atoms with Crippen molar-refractivity contribution in [2.75, 3.05) is 31.6 Å². The van der Waals surface area contributed by atoms with Crippen molar-refractivity contribution < 1.29 is 22.6 Å². The van der Waals surface area contributed by atoms with Gasteiger partial charge in [0.2, 0.25) is 10.0 Å². The average Bonchev–Trinajstić information content (AvgIpc) is 3.13. The van der Waals surface area contributed by atoms with Gasteiger partial charge in [-0.3, -0.25) is 5.32 Å². The Hall–Kier alpha value is -2.42. The molecule has 0 spiro atoms. The van der Waals surface area contributed by atoms with E-state index in [9.17, 15) is 8.42 Å². The van der Waals surface area contributed by atoms with Crippen molar-refractivity contribution in [2.24, 2.45) is 0 Å². The number of morpholine rings is 1. The normalized spacial score (nSPS) is 17.1. The van der Waals surface area contributed by atoms with E-state index in [1.807, 2.05) is 37.3 Å². The van der Waals surface area contributed by atoms with E-state index in [1.54, 1.807) is 12.1 Å². The standard InChI is InChI=1S/C19H21N3O4S/c1-14(18-12-15-4-2-3-5-17(15)26-18)21-19-7-6-16(13-20-19)27(23,24)22-8-10-25-11-9-22/h2-7,12-14H,8-11H2,1H3,(H,20,21)/p+1/t14-/m1/s1. The second-order valence-corrected chi connectivity index (χ2v) is 8.45. The van der Waals surface area contributed by atoms with Crippen LogP contribution in [0.15, 0.2) is 58.0 Å². The van der Waals surface area contributed by atoms with E-state index in [0.29, 0.717) is 32.1 Å². The van der Waals surface area contributed by atoms with Gasteiger partial charge in [0.1, 0.15) is 28.5 Å². The number of para-hydroxylation sites is 1. The summed E-state index contributed by atoms with van der Waals surface area (Å²) < 4.78 is 37.9. The molecule has 7 nitrogen and oxygen atoms in total. The average molecular weight is 388 g/mol. The molecular weight excluding hydrogens is 366 g/mol. The summed E-state index contributed by atoms with van der Waals surface area (Å²) in [6.45, 7) is 3.61. The minimum atomic E-state index is -3.50. The zero-order chi connectivity index (χ0) is 18.9. The van der Waals surface area contributed by atoms with E-state index in [2.05, 4.69) is 10.3 Å². The molecule has 3 heterocycles. The first kappa shape index (κ1) is 18.0. The molecule has 1 aliphatic rings. The molecule has 3 aromatic rings. The lowest BCUT2D eigenvalue weighted by Crippen LogP contribution is -2.40. The maximum absolute atomic E-state index is 12.7. The molecule has 2 N–H and O–H groups in total. The van der Waals surface area contributed by atoms with Gasteiger partial charge in [-0.05, 0) is 25.1 Å². The largest absolute Gasteiger partial charge is 0.457 e. The SMILES string of the molecule is C[C@@H](Nc1ccc(S(=O)(=O)N2CCOCC2)c[nH+]1)c1cc2ccccc2o1. The molecule has 0 amide bonds. The van der Waals surface area contributed by atoms with Gasteiger partial charge < -0.3 is 9.15 Å². The Labute approximate surface area is 158 Å². The maximum Gasteiger partial charge on any atom is 0.272 e. The smallest absolute Gasteiger partial charge is 0.272 e. The van der Waals surface area contributed by atoms with Gasteiger partial charge in [-0.25, -0.2) is 13.4 Å². The van der Waals surface area contributed by atoms with Crippen LogP contribution in [0.3, 0.4) is 0 Å². The van der Waals surface area contributed by atoms with Crippen molar-refractivity contribution in [1.29, 1.82) is 0 Å². The molecular formula is C19H22N3O4S+. The number of H-pyrrole nitrogens is 1. The predicted molar refractivity (Wildman–Crippen MR) is 101 cm³/mol. The van der Waals surface area contributed by atoms with Gasteiger partial charge >= 0.3 is 0 Å². The van der Waals surface area contributed by atoms with Gasteiger partial charge in [0.05, 0.1) is 13.2 Å². The summed E-state index contributed by atoms with van der Waals surface area (Å²) >= 11 is 0. The number of hydrogen-bond donors (Lipinski definition) is 1. The predicted octanol–water partition coefficient (Wildman–Crippen LogP) is 2.44. The topological polar surface area (TPSA) is 85.9 Å². The van der Waals surface area contributed by atoms with Crippen LogP contribution in [-0.4, -0.2) is 39.0 Å². The quantitative estimate of drug-likeness (QED) is 0.726. The zero-order valence-corrected chi connectivity index (χ0v) is 15.8. The molecule has 1 atom stereocenters. The number of furan rings is 1. The molecule has 142 valence electrons. The maximum atomic E-state index is 12.7. The first-order valence-corrected chi connectivity index (χ1v) is 10.3. The van der Waals surface area contributed by atoms with Crippen molar-refractivity contribution in [3.8, 4) is 0 Å². The highest BCUT2D eigenvalue weighted by Crippen LogP contribution is 2.25. The number of nitrogens with zero attached hydrogens (tertiary/aromatic N) is 1. The van der Waals surface area contributed by atoms with Gasteiger partial charge in [0.15, 0.2) is 0 Å². The van der Waals surface area contributed by atoms with Crippen molar-refractivity contribution >= 4 is 26.8 Å². The number of hydrogen-bond acceptors (Lipinski definition) is 5. The number of nitrogens with one attached hydrogen (secondary N) is 2. The third kappa shape index (κ3) is 3.69. The summed E-state index contributed by atoms with van der Waals surface area (Å²) in [7, 11) is -3.50. The molecule has 4 rings (SSSR count). The molecule has 2 aromatic heterocycles. The Balaban J connectivity index is 1.48. The lowest BCUT2D eigenvalue weighted by atomic mass is 10.2. The van der Waals surface area contributed by atoms with Crippen LogP contribution in [0.4, 0.5) is 5.82 Å². The van der Waals surface area contributed by atoms with Crippen LogP contribution < -0.4 is 10.3 Å². The molecule has 1 aliphatic heterocycles. The molecule has 8 heteroatoms. The van der Waals surface area contributed by atoms with Gasteiger partial charge in [-0.2, -0.15) is 4.31 Å². The highest BCUT2D eigenvalue weighted by Gasteiger charge is 2.27. The molecule has 1 aromatic carbocycles. The van der Waals surface area contributed by atoms with E-state index in [4.69, 9.17) is 9.15 Å². The van der Waals surface area contributed by atoms with Crippen LogP contribution >= 0.6 is 0 Å². The number of pyridine rings is 1. The Morgan fingerprint density at radius 3 is 2.63 bits per heavy atom. The van der Waals surface area contributed by atoms with Crippen molar-refractivity contribution in [1.82, 2.24) is 4.31 Å². The third-order valence-corrected chi connectivity index (χ3v) is 6.53. The molecule has 1 fully saturated rings. The molecule has 27 heavy (non-hydrogen) atoms. The molecule has 0 aliphatic carbocycles. The fourth-order valence-corrected chi connectivity index (χ4v) is 4.49. The first-order chi connectivity index (χ1) is 13.0. The number of anilines is 1. The van der Waals surface area contributed by atoms with E-state index in [0.717, 1.165) is 16.7 Å². The fourth-order valence-electron chi connectivity index (χ4n) is 3.12. The number of rotatable bonds is 5. The van der Waals surface area contributed by atoms with E-state index >= 15 is 0 Å². The van der Waals surface area contributed by atoms with Gasteiger partial charge in [-0.1, -0.05) is 18.2 Å². The van der Waals surface area contributed by atoms with E-state index in [-0.39, 0.29) is 10.9 Å². The number of sulfonamides is 1. The third-order valence-electron chi connectivity index (χ3n) is 4.64. The summed E-state index contributed by atoms with van der Waals surface area (Å²) in [6, 6.07) is 13.1. The van der Waals surface area contributed by atoms with Crippen LogP contribution in [0.1, 0.15) is 18.7 Å². The lowest BCUT2D eigenvalue weighted by Gasteiger charge is -2.25. The molecule has 1 saturated heterocycles. The summed E-state index contributed by atoms with van der Waals surface area (Å²) in [4.78, 5) is 3.27. The number of aromatic amines is 1. The second-order valence-electron chi connectivity index (χ2n) is 6.51. The minimum absolute atomic E-state index is 0.0737. The molecule has 0 bridgehead atoms. The summed E-state index contributed by atoms with van der Waals surface area (Å²) in [6.07, 6.45) is 1.51. The minimum Gasteiger partial charge on any atom is -0.457 e. The Kier molecular flexibility index (Phi) is 4.86. The van der Waals surface area contributed by atoms with Crippen LogP contribution in [0.25, 0.3) is 11.0 Å². The molecule has 0 radical (unpaired) electrons. The van der Waals surface area contributed by atoms with Crippen LogP contribution in [0.5, 0.6) is 0 Å². The van der Waals surface area contributed by atoms with Crippen LogP contribution in [-0.2, 0) is 14.8 Å². The summed E-state index contributed by atoms with van der Waals surface area (Å²) in [5.41, 5.74) is 0.845. The highest BCUT2D eigenvalue weighted by atomic mass is 32.2. The van der Waals surface area contributed by atoms with Gasteiger partial charge in [-0.15, -0.1) is 0 Å². The van der Waals surface area contributed by atoms with Crippen molar-refractivity contribution in [3.05, 3.63) is 54.4 Å². The van der Waals surface area contributed by atoms with Crippen molar-refractivity contribution in [2.45, 2.75) is 17.9 Å². The monoisotopic (exact) mass is 388 g/mol. The zero-order valence-electron chi connectivity index (χ0n) is 15.0. The Morgan fingerprint density at radius 2 is 1.93 bits per heavy atom. The Bertz CT molecular complexity index is 992. The Morgan fingerprint density at radius 1 is 1.15 bits per heavy atom. The first-order valence-electron chi connectivity index (χ1n) is 8.89. The number of fused-ring (bicyclic) bond motifs is 1. The lowest BCUT2D eigenvalue weighted by molar-refractivity contribution is -0.364. The van der Waals surface area contributed by atoms with Gasteiger partial charge in [0.25, 0.3) is 5.82 Å². The number of aromatic nitrogens is 1. The number of benzene rings is 1. The second kappa shape index (κ2) is 7.30. The fraction of sp³-hybridized carbons (Fsp3) is 0.316. The van der Waals surface area contributed by atoms with Crippen molar-refractivity contribution in [3.63, 3.8) is 0 Å². The van der Waals surface area contributed by atoms with Crippen LogP contribution in [0.2, 0.25) is 0 Å². The van der Waals surface area contributed by atoms with E-state index < -0.39 is 10.0 Å². The molecule has 0 unspecified atom stereocenters. The van der Waals surface area contributed by atoms with Crippen LogP contribution in [0, 0.1) is 0 Å². The summed E-state index contributed by atoms with van der Waals surface area (Å²) in [5.74, 6) is 1.53. The summed E-state index contributed by atoms with van der Waals surface area (Å²) in [5, 5.41) is 4.35. The van der Waals surface area contributed by atoms with Gasteiger partial charge in [0, 0.05) is 24.5 Å².